The van der Waals surface area contributed by atoms with E-state index in [-0.39, 0.29) is 124 Å². The quantitative estimate of drug-likeness (QED) is 0.0382. The van der Waals surface area contributed by atoms with Crippen molar-refractivity contribution in [3.05, 3.63) is 0 Å². The fourth-order valence-corrected chi connectivity index (χ4v) is 8.57. The third-order valence-corrected chi connectivity index (χ3v) is 13.7. The minimum atomic E-state index is -1.43. The molecule has 27 heteroatoms. The van der Waals surface area contributed by atoms with Crippen LogP contribution in [0.1, 0.15) is 195 Å². The summed E-state index contributed by atoms with van der Waals surface area (Å²) in [5.41, 5.74) is 0. The van der Waals surface area contributed by atoms with E-state index < -0.39 is 114 Å². The van der Waals surface area contributed by atoms with E-state index in [1.54, 1.807) is 6.92 Å². The second kappa shape index (κ2) is 51.1. The molecule has 5 amide bonds. The van der Waals surface area contributed by atoms with Gasteiger partial charge in [-0.05, 0) is 58.3 Å². The van der Waals surface area contributed by atoms with Gasteiger partial charge >= 0.3 is 29.8 Å². The number of amides is 5. The second-order valence-corrected chi connectivity index (χ2v) is 21.3. The number of aliphatic carboxylic acids is 5. The molecular formula is C58H101N5O22. The topological polar surface area (TPSA) is 423 Å². The van der Waals surface area contributed by atoms with Gasteiger partial charge in [0.1, 0.15) is 31.1 Å². The highest BCUT2D eigenvalue weighted by Gasteiger charge is 2.28. The lowest BCUT2D eigenvalue weighted by atomic mass is 9.94. The summed E-state index contributed by atoms with van der Waals surface area (Å²) in [5, 5.41) is 68.4. The van der Waals surface area contributed by atoms with Crippen LogP contribution >= 0.6 is 0 Å². The maximum absolute atomic E-state index is 12.7. The maximum Gasteiger partial charge on any atom is 0.328 e. The number of carboxylic acid groups (broad SMARTS) is 5. The van der Waals surface area contributed by atoms with Crippen molar-refractivity contribution in [3.63, 3.8) is 0 Å². The molecule has 0 saturated heterocycles. The Morgan fingerprint density at radius 2 is 0.871 bits per heavy atom. The smallest absolute Gasteiger partial charge is 0.328 e. The van der Waals surface area contributed by atoms with Gasteiger partial charge in [0.15, 0.2) is 11.8 Å². The highest BCUT2D eigenvalue weighted by atomic mass is 16.5. The zero-order chi connectivity index (χ0) is 63.6. The molecule has 27 nitrogen and oxygen atoms in total. The SMILES string of the molecule is C[C@@H](CCCCNC(=O)CC[C@H](NC(=O)COCCOCCCC(=O)COCCOCCNC(=O)CC[C@H](CC(=O)CC[C@H](NC(=O)CCCCCCCCCCCCCCCCC(=O)O)C(=O)O)C(=O)O)C(=O)O)C(=O)N[C@H](C(=O)O)[C@@H](C)O.[HH]. The minimum absolute atomic E-state index is 0. The standard InChI is InChI=1S/C58H99N5O22.H2/c1-41(54(73)63-53(42(2)64)58(80)81)20-17-18-30-59-49(68)29-27-47(57(78)79)62-51(70)40-85-37-34-82-32-19-21-45(66)39-84-36-35-83-33-31-60-48(67)28-24-43(55(74)75)38-44(65)25-26-46(56(76)77)61-50(69)22-15-13-11-9-7-5-3-4-6-8-10-12-14-16-23-52(71)72;/h41-43,46-47,53,64H,3-40H2,1-2H3,(H,59,68)(H,60,67)(H,61,69)(H,62,70)(H,63,73)(H,71,72)(H,74,75)(H,76,77)(H,78,79)(H,80,81);1H/t41-,42+,43+,46-,47-,53-;/m0./s1. The van der Waals surface area contributed by atoms with Crippen molar-refractivity contribution < 1.29 is 109 Å². The summed E-state index contributed by atoms with van der Waals surface area (Å²) >= 11 is 0. The van der Waals surface area contributed by atoms with Gasteiger partial charge in [-0.1, -0.05) is 90.4 Å². The van der Waals surface area contributed by atoms with Crippen molar-refractivity contribution in [2.24, 2.45) is 11.8 Å². The van der Waals surface area contributed by atoms with Gasteiger partial charge in [-0.3, -0.25) is 43.2 Å². The van der Waals surface area contributed by atoms with Gasteiger partial charge in [-0.2, -0.15) is 0 Å². The van der Waals surface area contributed by atoms with E-state index in [0.29, 0.717) is 32.1 Å². The Morgan fingerprint density at radius 1 is 0.388 bits per heavy atom. The summed E-state index contributed by atoms with van der Waals surface area (Å²) in [5.74, 6) is -10.9. The predicted molar refractivity (Wildman–Crippen MR) is 309 cm³/mol. The molecule has 0 fully saturated rings. The van der Waals surface area contributed by atoms with E-state index in [0.717, 1.165) is 57.8 Å². The molecule has 0 rings (SSSR count). The molecule has 0 aliphatic carbocycles. The molecular weight excluding hydrogens is 1120 g/mol. The fraction of sp³-hybridized carbons (Fsp3) is 0.793. The van der Waals surface area contributed by atoms with Gasteiger partial charge in [0.25, 0.3) is 0 Å². The second-order valence-electron chi connectivity index (χ2n) is 21.3. The van der Waals surface area contributed by atoms with Gasteiger partial charge in [0.2, 0.25) is 29.5 Å². The largest absolute Gasteiger partial charge is 0.481 e. The number of Topliss-reactive ketones (excluding diaryl/α,β-unsaturated/α-hetero) is 2. The first-order chi connectivity index (χ1) is 40.5. The number of carboxylic acids is 5. The number of unbranched alkanes of at least 4 members (excludes halogenated alkanes) is 14. The van der Waals surface area contributed by atoms with Gasteiger partial charge in [-0.25, -0.2) is 14.4 Å². The lowest BCUT2D eigenvalue weighted by Crippen LogP contribution is -2.49. The van der Waals surface area contributed by atoms with Crippen LogP contribution in [0.4, 0.5) is 0 Å². The number of ketones is 2. The van der Waals surface area contributed by atoms with E-state index in [2.05, 4.69) is 26.6 Å². The van der Waals surface area contributed by atoms with Crippen molar-refractivity contribution in [2.75, 3.05) is 65.9 Å². The summed E-state index contributed by atoms with van der Waals surface area (Å²) in [6.07, 6.45) is 14.0. The Morgan fingerprint density at radius 3 is 1.40 bits per heavy atom. The number of aliphatic hydroxyl groups is 1. The Kier molecular flexibility index (Phi) is 47.4. The highest BCUT2D eigenvalue weighted by molar-refractivity contribution is 5.88. The molecule has 490 valence electrons. The molecule has 0 radical (unpaired) electrons. The van der Waals surface area contributed by atoms with Gasteiger partial charge in [-0.15, -0.1) is 0 Å². The monoisotopic (exact) mass is 1220 g/mol. The van der Waals surface area contributed by atoms with Crippen LogP contribution in [0, 0.1) is 11.8 Å². The lowest BCUT2D eigenvalue weighted by Gasteiger charge is -2.19. The molecule has 0 aliphatic heterocycles. The van der Waals surface area contributed by atoms with Crippen molar-refractivity contribution in [1.29, 1.82) is 0 Å². The number of hydrogen-bond acceptors (Lipinski definition) is 17. The number of hydrogen-bond donors (Lipinski definition) is 11. The molecule has 0 aliphatic rings. The zero-order valence-electron chi connectivity index (χ0n) is 50.0. The average Bonchev–Trinajstić information content (AvgIpc) is 3.59. The Labute approximate surface area is 500 Å². The lowest BCUT2D eigenvalue weighted by molar-refractivity contribution is -0.145. The fourth-order valence-electron chi connectivity index (χ4n) is 8.57. The first-order valence-electron chi connectivity index (χ1n) is 30.1. The van der Waals surface area contributed by atoms with Crippen molar-refractivity contribution in [3.8, 4) is 0 Å². The molecule has 85 heavy (non-hydrogen) atoms. The van der Waals surface area contributed by atoms with E-state index in [9.17, 15) is 78.0 Å². The molecule has 0 aromatic heterocycles. The van der Waals surface area contributed by atoms with Gasteiger partial charge < -0.3 is 76.2 Å². The third kappa shape index (κ3) is 46.8. The van der Waals surface area contributed by atoms with Crippen molar-refractivity contribution in [2.45, 2.75) is 218 Å². The number of ether oxygens (including phenoxy) is 4. The molecule has 0 aromatic rings. The molecule has 0 spiro atoms. The van der Waals surface area contributed by atoms with Crippen LogP contribution < -0.4 is 26.6 Å². The van der Waals surface area contributed by atoms with E-state index in [4.69, 9.17) is 29.2 Å². The van der Waals surface area contributed by atoms with Crippen LogP contribution in [0.3, 0.4) is 0 Å². The summed E-state index contributed by atoms with van der Waals surface area (Å²) < 4.78 is 21.4. The van der Waals surface area contributed by atoms with Crippen LogP contribution in [0.2, 0.25) is 0 Å². The molecule has 0 saturated carbocycles. The summed E-state index contributed by atoms with van der Waals surface area (Å²) in [7, 11) is 0. The first kappa shape index (κ1) is 78.8. The Bertz CT molecular complexity index is 2000. The zero-order valence-corrected chi connectivity index (χ0v) is 50.0. The Hall–Kier alpha value is -6.16. The van der Waals surface area contributed by atoms with E-state index in [1.807, 2.05) is 0 Å². The van der Waals surface area contributed by atoms with Crippen LogP contribution in [-0.4, -0.2) is 192 Å². The molecule has 0 aromatic carbocycles. The van der Waals surface area contributed by atoms with Crippen LogP contribution in [0.15, 0.2) is 0 Å². The molecule has 11 N–H and O–H groups in total. The number of nitrogens with one attached hydrogen (secondary N) is 5. The van der Waals surface area contributed by atoms with Crippen LogP contribution in [0.5, 0.6) is 0 Å². The Balaban J connectivity index is 0. The summed E-state index contributed by atoms with van der Waals surface area (Å²) in [6.45, 7) is 3.26. The number of carbonyl (C=O) groups excluding carboxylic acids is 7. The summed E-state index contributed by atoms with van der Waals surface area (Å²) in [4.78, 5) is 143. The van der Waals surface area contributed by atoms with E-state index >= 15 is 0 Å². The number of carbonyl (C=O) groups is 12. The first-order valence-corrected chi connectivity index (χ1v) is 30.1. The molecule has 6 atom stereocenters. The molecule has 0 bridgehead atoms. The predicted octanol–water partition coefficient (Wildman–Crippen LogP) is 4.10. The van der Waals surface area contributed by atoms with Crippen LogP contribution in [-0.2, 0) is 76.5 Å². The highest BCUT2D eigenvalue weighted by Crippen LogP contribution is 2.17. The number of aliphatic hydroxyl groups excluding tert-OH is 1. The van der Waals surface area contributed by atoms with E-state index in [1.165, 1.54) is 32.6 Å². The van der Waals surface area contributed by atoms with Crippen molar-refractivity contribution in [1.82, 2.24) is 26.6 Å². The van der Waals surface area contributed by atoms with Gasteiger partial charge in [0.05, 0.1) is 45.1 Å². The average molecular weight is 1220 g/mol. The molecule has 0 heterocycles. The van der Waals surface area contributed by atoms with Crippen LogP contribution in [0.25, 0.3) is 0 Å². The minimum Gasteiger partial charge on any atom is -0.481 e. The van der Waals surface area contributed by atoms with Crippen molar-refractivity contribution >= 4 is 70.9 Å². The van der Waals surface area contributed by atoms with Gasteiger partial charge in [0, 0.05) is 72.0 Å². The maximum atomic E-state index is 12.7. The number of rotatable bonds is 59. The summed E-state index contributed by atoms with van der Waals surface area (Å²) in [6, 6.07) is -4.07. The normalized spacial score (nSPS) is 13.3. The molecule has 0 unspecified atom stereocenters. The third-order valence-electron chi connectivity index (χ3n) is 13.7.